The van der Waals surface area contributed by atoms with Crippen molar-refractivity contribution in [2.75, 3.05) is 7.11 Å². The molecule has 3 nitrogen and oxygen atoms in total. The molecule has 0 unspecified atom stereocenters. The van der Waals surface area contributed by atoms with Gasteiger partial charge >= 0.3 is 5.97 Å². The van der Waals surface area contributed by atoms with Crippen molar-refractivity contribution in [2.45, 2.75) is 6.04 Å². The molecule has 0 aliphatic rings. The molecule has 0 bridgehead atoms. The van der Waals surface area contributed by atoms with E-state index < -0.39 is 29.2 Å². The standard InChI is InChI=1S/C9H8BrF2NO2/c1-15-9(14)8(13)6-5(11)3-2-4(10)7(6)12/h2-3,8H,13H2,1H3/t8-/m1/s1. The van der Waals surface area contributed by atoms with E-state index in [2.05, 4.69) is 20.7 Å². The van der Waals surface area contributed by atoms with Gasteiger partial charge < -0.3 is 10.5 Å². The quantitative estimate of drug-likeness (QED) is 0.665. The maximum Gasteiger partial charge on any atom is 0.327 e. The number of methoxy groups -OCH3 is 1. The first kappa shape index (κ1) is 12.1. The van der Waals surface area contributed by atoms with Gasteiger partial charge in [-0.1, -0.05) is 0 Å². The zero-order valence-electron chi connectivity index (χ0n) is 7.76. The number of hydrogen-bond acceptors (Lipinski definition) is 3. The molecule has 0 radical (unpaired) electrons. The average Bonchev–Trinajstić information content (AvgIpc) is 2.22. The van der Waals surface area contributed by atoms with E-state index in [1.807, 2.05) is 0 Å². The molecule has 0 aromatic heterocycles. The van der Waals surface area contributed by atoms with Crippen molar-refractivity contribution in [2.24, 2.45) is 5.73 Å². The Kier molecular flexibility index (Phi) is 3.76. The van der Waals surface area contributed by atoms with Gasteiger partial charge in [-0.3, -0.25) is 4.79 Å². The summed E-state index contributed by atoms with van der Waals surface area (Å²) in [5, 5.41) is 0. The minimum atomic E-state index is -1.47. The maximum absolute atomic E-state index is 13.4. The molecule has 0 amide bonds. The zero-order chi connectivity index (χ0) is 11.6. The molecule has 0 saturated heterocycles. The third kappa shape index (κ3) is 2.32. The van der Waals surface area contributed by atoms with Gasteiger partial charge in [0.2, 0.25) is 0 Å². The summed E-state index contributed by atoms with van der Waals surface area (Å²) in [5.41, 5.74) is 4.84. The summed E-state index contributed by atoms with van der Waals surface area (Å²) >= 11 is 2.87. The van der Waals surface area contributed by atoms with Gasteiger partial charge in [0.25, 0.3) is 0 Å². The lowest BCUT2D eigenvalue weighted by Crippen LogP contribution is -2.25. The Morgan fingerprint density at radius 1 is 1.53 bits per heavy atom. The molecule has 0 fully saturated rings. The molecule has 0 aliphatic heterocycles. The highest BCUT2D eigenvalue weighted by atomic mass is 79.9. The molecule has 2 N–H and O–H groups in total. The van der Waals surface area contributed by atoms with Crippen molar-refractivity contribution < 1.29 is 18.3 Å². The van der Waals surface area contributed by atoms with E-state index in [4.69, 9.17) is 5.73 Å². The van der Waals surface area contributed by atoms with Crippen LogP contribution in [-0.4, -0.2) is 13.1 Å². The highest BCUT2D eigenvalue weighted by molar-refractivity contribution is 9.10. The largest absolute Gasteiger partial charge is 0.468 e. The first-order valence-electron chi connectivity index (χ1n) is 3.95. The SMILES string of the molecule is COC(=O)[C@H](N)c1c(F)ccc(Br)c1F. The average molecular weight is 280 g/mol. The molecule has 0 saturated carbocycles. The van der Waals surface area contributed by atoms with Crippen molar-refractivity contribution in [1.29, 1.82) is 0 Å². The van der Waals surface area contributed by atoms with Crippen LogP contribution in [0.15, 0.2) is 16.6 Å². The number of benzene rings is 1. The van der Waals surface area contributed by atoms with Crippen molar-refractivity contribution >= 4 is 21.9 Å². The lowest BCUT2D eigenvalue weighted by molar-refractivity contribution is -0.142. The summed E-state index contributed by atoms with van der Waals surface area (Å²) in [6.07, 6.45) is 0. The minimum absolute atomic E-state index is 0.0400. The normalized spacial score (nSPS) is 12.3. The van der Waals surface area contributed by atoms with Crippen LogP contribution in [-0.2, 0) is 9.53 Å². The molecule has 82 valence electrons. The Morgan fingerprint density at radius 2 is 2.13 bits per heavy atom. The summed E-state index contributed by atoms with van der Waals surface area (Å²) in [5.74, 6) is -2.67. The highest BCUT2D eigenvalue weighted by Crippen LogP contribution is 2.26. The summed E-state index contributed by atoms with van der Waals surface area (Å²) in [7, 11) is 1.09. The monoisotopic (exact) mass is 279 g/mol. The third-order valence-corrected chi connectivity index (χ3v) is 2.46. The van der Waals surface area contributed by atoms with Crippen molar-refractivity contribution in [3.63, 3.8) is 0 Å². The van der Waals surface area contributed by atoms with E-state index >= 15 is 0 Å². The number of nitrogens with two attached hydrogens (primary N) is 1. The molecule has 1 aromatic rings. The van der Waals surface area contributed by atoms with Gasteiger partial charge in [0.05, 0.1) is 17.1 Å². The van der Waals surface area contributed by atoms with E-state index in [0.717, 1.165) is 13.2 Å². The molecular formula is C9H8BrF2NO2. The Bertz CT molecular complexity index is 398. The van der Waals surface area contributed by atoms with E-state index in [1.165, 1.54) is 6.07 Å². The summed E-state index contributed by atoms with van der Waals surface area (Å²) in [6.45, 7) is 0. The predicted octanol–water partition coefficient (Wildman–Crippen LogP) is 1.90. The van der Waals surface area contributed by atoms with E-state index in [-0.39, 0.29) is 4.47 Å². The lowest BCUT2D eigenvalue weighted by Gasteiger charge is -2.12. The third-order valence-electron chi connectivity index (χ3n) is 1.85. The topological polar surface area (TPSA) is 52.3 Å². The Morgan fingerprint density at radius 3 is 2.67 bits per heavy atom. The van der Waals surface area contributed by atoms with Gasteiger partial charge in [0, 0.05) is 0 Å². The van der Waals surface area contributed by atoms with Crippen LogP contribution in [0.4, 0.5) is 8.78 Å². The van der Waals surface area contributed by atoms with Crippen molar-refractivity contribution in [1.82, 2.24) is 0 Å². The summed E-state index contributed by atoms with van der Waals surface area (Å²) in [6, 6.07) is 0.746. The Labute approximate surface area is 93.3 Å². The molecule has 1 aromatic carbocycles. The van der Waals surface area contributed by atoms with Crippen LogP contribution in [0.3, 0.4) is 0 Å². The first-order valence-corrected chi connectivity index (χ1v) is 4.75. The molecule has 6 heteroatoms. The molecule has 1 atom stereocenters. The van der Waals surface area contributed by atoms with Crippen LogP contribution in [0.5, 0.6) is 0 Å². The zero-order valence-corrected chi connectivity index (χ0v) is 9.35. The van der Waals surface area contributed by atoms with Crippen LogP contribution in [0.1, 0.15) is 11.6 Å². The second-order valence-electron chi connectivity index (χ2n) is 2.76. The molecule has 0 aliphatic carbocycles. The Balaban J connectivity index is 3.24. The van der Waals surface area contributed by atoms with Crippen LogP contribution < -0.4 is 5.73 Å². The van der Waals surface area contributed by atoms with Gasteiger partial charge in [-0.15, -0.1) is 0 Å². The fraction of sp³-hybridized carbons (Fsp3) is 0.222. The van der Waals surface area contributed by atoms with Crippen LogP contribution in [0, 0.1) is 11.6 Å². The fourth-order valence-electron chi connectivity index (χ4n) is 1.07. The van der Waals surface area contributed by atoms with Crippen molar-refractivity contribution in [3.8, 4) is 0 Å². The summed E-state index contributed by atoms with van der Waals surface area (Å²) in [4.78, 5) is 11.0. The van der Waals surface area contributed by atoms with Crippen LogP contribution >= 0.6 is 15.9 Å². The van der Waals surface area contributed by atoms with Crippen LogP contribution in [0.25, 0.3) is 0 Å². The first-order chi connectivity index (χ1) is 6.99. The predicted molar refractivity (Wildman–Crippen MR) is 53.0 cm³/mol. The molecule has 0 spiro atoms. The van der Waals surface area contributed by atoms with Gasteiger partial charge in [-0.25, -0.2) is 8.78 Å². The molecular weight excluding hydrogens is 272 g/mol. The second-order valence-corrected chi connectivity index (χ2v) is 3.61. The number of carbonyl (C=O) groups excluding carboxylic acids is 1. The number of carbonyl (C=O) groups is 1. The second kappa shape index (κ2) is 4.67. The maximum atomic E-state index is 13.4. The van der Waals surface area contributed by atoms with E-state index in [9.17, 15) is 13.6 Å². The van der Waals surface area contributed by atoms with Gasteiger partial charge in [0.1, 0.15) is 17.7 Å². The van der Waals surface area contributed by atoms with Crippen LogP contribution in [0.2, 0.25) is 0 Å². The smallest absolute Gasteiger partial charge is 0.327 e. The lowest BCUT2D eigenvalue weighted by atomic mass is 10.1. The van der Waals surface area contributed by atoms with E-state index in [1.54, 1.807) is 0 Å². The van der Waals surface area contributed by atoms with Gasteiger partial charge in [-0.05, 0) is 28.1 Å². The van der Waals surface area contributed by atoms with E-state index in [0.29, 0.717) is 0 Å². The molecule has 1 rings (SSSR count). The Hall–Kier alpha value is -1.01. The van der Waals surface area contributed by atoms with Gasteiger partial charge in [-0.2, -0.15) is 0 Å². The number of esters is 1. The number of ether oxygens (including phenoxy) is 1. The number of hydrogen-bond donors (Lipinski definition) is 1. The number of halogens is 3. The minimum Gasteiger partial charge on any atom is -0.468 e. The number of rotatable bonds is 2. The fourth-order valence-corrected chi connectivity index (χ4v) is 1.42. The molecule has 15 heavy (non-hydrogen) atoms. The van der Waals surface area contributed by atoms with Crippen molar-refractivity contribution in [3.05, 3.63) is 33.8 Å². The summed E-state index contributed by atoms with van der Waals surface area (Å²) < 4.78 is 31.0. The van der Waals surface area contributed by atoms with Gasteiger partial charge in [0.15, 0.2) is 0 Å². The molecule has 0 heterocycles. The highest BCUT2D eigenvalue weighted by Gasteiger charge is 2.25.